The van der Waals surface area contributed by atoms with Crippen molar-refractivity contribution < 1.29 is 44.7 Å². The van der Waals surface area contributed by atoms with Gasteiger partial charge in [0.15, 0.2) is 5.96 Å². The van der Waals surface area contributed by atoms with Crippen molar-refractivity contribution in [2.24, 2.45) is 33.7 Å². The standard InChI is InChI=1S/C9H10O3.C8H11N.C6H14N4O2.C5H9NO4/c10-8-4-1-7(2-5-8)3-6-9(11)12;9-7-6-8-4-2-1-3-5-8;7-4(5(11)12)2-1-3-10-6(8)9;6-3(5(9)10)1-2-4(7)8/h1-2,4-5,10H,3,6H2,(H,11,12);1-5H,6-7,9H2;4H,1-3,7H2,(H,11,12)(H4,8,9,10);3H,1-2,6H2,(H,7,8)(H,9,10)/t;;4-;3-/m..10/s1. The predicted octanol–water partition coefficient (Wildman–Crippen LogP) is 0.312. The van der Waals surface area contributed by atoms with E-state index in [0.29, 0.717) is 25.8 Å². The lowest BCUT2D eigenvalue weighted by atomic mass is 10.1. The minimum Gasteiger partial charge on any atom is -0.508 e. The molecule has 15 nitrogen and oxygen atoms in total. The second-order valence-corrected chi connectivity index (χ2v) is 8.86. The Morgan fingerprint density at radius 1 is 0.698 bits per heavy atom. The van der Waals surface area contributed by atoms with Gasteiger partial charge in [0.2, 0.25) is 0 Å². The summed E-state index contributed by atoms with van der Waals surface area (Å²) >= 11 is 0. The minimum atomic E-state index is -1.17. The van der Waals surface area contributed by atoms with Gasteiger partial charge in [-0.1, -0.05) is 42.5 Å². The third kappa shape index (κ3) is 27.2. The van der Waals surface area contributed by atoms with Crippen LogP contribution in [0.3, 0.4) is 0 Å². The van der Waals surface area contributed by atoms with Gasteiger partial charge in [0.05, 0.1) is 0 Å². The van der Waals surface area contributed by atoms with Gasteiger partial charge in [-0.05, 0) is 61.9 Å². The predicted molar refractivity (Wildman–Crippen MR) is 161 cm³/mol. The van der Waals surface area contributed by atoms with E-state index in [9.17, 15) is 19.2 Å². The molecule has 0 heterocycles. The highest BCUT2D eigenvalue weighted by atomic mass is 16.4. The van der Waals surface area contributed by atoms with Crippen LogP contribution in [0.15, 0.2) is 59.6 Å². The second-order valence-electron chi connectivity index (χ2n) is 8.86. The summed E-state index contributed by atoms with van der Waals surface area (Å²) in [5, 5.41) is 42.0. The summed E-state index contributed by atoms with van der Waals surface area (Å²) < 4.78 is 0. The SMILES string of the molecule is NC(N)=NCCC[C@@H](N)C(=O)O.NCCc1ccccc1.N[C@@H](CCC(=O)O)C(=O)O.O=C(O)CCc1ccc(O)cc1. The van der Waals surface area contributed by atoms with Crippen LogP contribution in [0, 0.1) is 0 Å². The molecule has 0 aliphatic carbocycles. The zero-order chi connectivity index (χ0) is 33.2. The van der Waals surface area contributed by atoms with Gasteiger partial charge < -0.3 is 54.2 Å². The van der Waals surface area contributed by atoms with Gasteiger partial charge in [-0.3, -0.25) is 24.2 Å². The topological polar surface area (TPSA) is 312 Å². The molecule has 43 heavy (non-hydrogen) atoms. The number of phenolic OH excluding ortho intramolecular Hbond substituents is 1. The number of rotatable bonds is 14. The summed E-state index contributed by atoms with van der Waals surface area (Å²) in [6.07, 6.45) is 2.36. The number of nitrogens with zero attached hydrogens (tertiary/aromatic N) is 1. The number of hydrogen-bond acceptors (Lipinski definition) is 9. The Labute approximate surface area is 250 Å². The number of aromatic hydroxyl groups is 1. The van der Waals surface area contributed by atoms with Gasteiger partial charge in [-0.15, -0.1) is 0 Å². The molecule has 0 spiro atoms. The largest absolute Gasteiger partial charge is 0.508 e. The molecule has 0 amide bonds. The molecule has 0 saturated carbocycles. The van der Waals surface area contributed by atoms with E-state index < -0.39 is 36.0 Å². The van der Waals surface area contributed by atoms with Crippen molar-refractivity contribution in [3.05, 3.63) is 65.7 Å². The Kier molecular flexibility index (Phi) is 23.5. The van der Waals surface area contributed by atoms with E-state index in [1.54, 1.807) is 24.3 Å². The summed E-state index contributed by atoms with van der Waals surface area (Å²) in [7, 11) is 0. The number of phenols is 1. The highest BCUT2D eigenvalue weighted by Gasteiger charge is 2.12. The number of carbonyl (C=O) groups is 4. The van der Waals surface area contributed by atoms with Crippen molar-refractivity contribution in [2.45, 2.75) is 57.0 Å². The Morgan fingerprint density at radius 3 is 1.63 bits per heavy atom. The number of benzene rings is 2. The molecule has 2 aromatic rings. The molecule has 15 N–H and O–H groups in total. The lowest BCUT2D eigenvalue weighted by Crippen LogP contribution is -2.30. The maximum absolute atomic E-state index is 10.2. The van der Waals surface area contributed by atoms with Crippen molar-refractivity contribution >= 4 is 29.8 Å². The summed E-state index contributed by atoms with van der Waals surface area (Å²) in [5.74, 6) is -3.78. The summed E-state index contributed by atoms with van der Waals surface area (Å²) in [6, 6.07) is 14.9. The highest BCUT2D eigenvalue weighted by molar-refractivity contribution is 5.75. The number of carboxylic acids is 4. The van der Waals surface area contributed by atoms with Gasteiger partial charge in [0.1, 0.15) is 17.8 Å². The molecule has 15 heteroatoms. The molecule has 0 radical (unpaired) electrons. The Bertz CT molecular complexity index is 1100. The molecule has 2 rings (SSSR count). The fourth-order valence-corrected chi connectivity index (χ4v) is 2.77. The lowest BCUT2D eigenvalue weighted by Gasteiger charge is -2.03. The first kappa shape index (κ1) is 40.4. The van der Waals surface area contributed by atoms with Gasteiger partial charge >= 0.3 is 23.9 Å². The molecule has 0 aliphatic rings. The summed E-state index contributed by atoms with van der Waals surface area (Å²) in [4.78, 5) is 44.0. The molecule has 0 unspecified atom stereocenters. The number of aryl methyl sites for hydroxylation is 1. The van der Waals surface area contributed by atoms with Gasteiger partial charge in [0, 0.05) is 19.4 Å². The fourth-order valence-electron chi connectivity index (χ4n) is 2.77. The van der Waals surface area contributed by atoms with E-state index in [0.717, 1.165) is 18.5 Å². The third-order valence-corrected chi connectivity index (χ3v) is 5.11. The summed E-state index contributed by atoms with van der Waals surface area (Å²) in [6.45, 7) is 1.16. The monoisotopic (exact) mass is 608 g/mol. The van der Waals surface area contributed by atoms with Crippen LogP contribution in [0.2, 0.25) is 0 Å². The van der Waals surface area contributed by atoms with Crippen molar-refractivity contribution in [1.29, 1.82) is 0 Å². The van der Waals surface area contributed by atoms with Crippen molar-refractivity contribution in [1.82, 2.24) is 0 Å². The van der Waals surface area contributed by atoms with Crippen LogP contribution >= 0.6 is 0 Å². The maximum atomic E-state index is 10.2. The smallest absolute Gasteiger partial charge is 0.320 e. The van der Waals surface area contributed by atoms with Gasteiger partial charge in [-0.2, -0.15) is 0 Å². The van der Waals surface area contributed by atoms with E-state index >= 15 is 0 Å². The van der Waals surface area contributed by atoms with Crippen LogP contribution in [0.1, 0.15) is 43.2 Å². The average molecular weight is 609 g/mol. The molecule has 2 aromatic carbocycles. The molecule has 0 saturated heterocycles. The maximum Gasteiger partial charge on any atom is 0.320 e. The first-order valence-corrected chi connectivity index (χ1v) is 13.2. The first-order valence-electron chi connectivity index (χ1n) is 13.2. The zero-order valence-corrected chi connectivity index (χ0v) is 23.9. The number of aliphatic imine (C=N–C) groups is 1. The van der Waals surface area contributed by atoms with Gasteiger partial charge in [-0.25, -0.2) is 0 Å². The number of carboxylic acid groups (broad SMARTS) is 4. The molecular formula is C28H44N6O9. The van der Waals surface area contributed by atoms with Crippen molar-refractivity contribution in [3.8, 4) is 5.75 Å². The molecular weight excluding hydrogens is 564 g/mol. The quantitative estimate of drug-likeness (QED) is 0.0784. The molecule has 2 atom stereocenters. The Balaban J connectivity index is 0. The summed E-state index contributed by atoms with van der Waals surface area (Å²) in [5.41, 5.74) is 27.9. The van der Waals surface area contributed by atoms with E-state index in [1.807, 2.05) is 18.2 Å². The van der Waals surface area contributed by atoms with Crippen LogP contribution < -0.4 is 28.7 Å². The van der Waals surface area contributed by atoms with Crippen molar-refractivity contribution in [2.75, 3.05) is 13.1 Å². The van der Waals surface area contributed by atoms with Crippen LogP contribution in [0.25, 0.3) is 0 Å². The second kappa shape index (κ2) is 25.0. The molecule has 240 valence electrons. The third-order valence-electron chi connectivity index (χ3n) is 5.11. The Hall–Kier alpha value is -4.73. The van der Waals surface area contributed by atoms with Crippen LogP contribution in [0.4, 0.5) is 0 Å². The molecule has 0 aromatic heterocycles. The number of aliphatic carboxylic acids is 4. The number of nitrogens with two attached hydrogens (primary N) is 5. The lowest BCUT2D eigenvalue weighted by molar-refractivity contribution is -0.140. The molecule has 0 fully saturated rings. The van der Waals surface area contributed by atoms with Crippen LogP contribution in [-0.2, 0) is 32.0 Å². The first-order chi connectivity index (χ1) is 20.2. The molecule has 0 aliphatic heterocycles. The number of hydrogen-bond donors (Lipinski definition) is 10. The van der Waals surface area contributed by atoms with Crippen LogP contribution in [0.5, 0.6) is 5.75 Å². The van der Waals surface area contributed by atoms with Crippen molar-refractivity contribution in [3.63, 3.8) is 0 Å². The van der Waals surface area contributed by atoms with Crippen LogP contribution in [-0.4, -0.2) is 80.5 Å². The highest BCUT2D eigenvalue weighted by Crippen LogP contribution is 2.10. The fraction of sp³-hybridized carbons (Fsp3) is 0.393. The zero-order valence-electron chi connectivity index (χ0n) is 23.9. The van der Waals surface area contributed by atoms with E-state index in [4.69, 9.17) is 54.2 Å². The minimum absolute atomic E-state index is 0.0129. The van der Waals surface area contributed by atoms with E-state index in [1.165, 1.54) is 5.56 Å². The van der Waals surface area contributed by atoms with Gasteiger partial charge in [0.25, 0.3) is 0 Å². The van der Waals surface area contributed by atoms with E-state index in [2.05, 4.69) is 17.1 Å². The normalized spacial score (nSPS) is 11.0. The molecule has 0 bridgehead atoms. The Morgan fingerprint density at radius 2 is 1.19 bits per heavy atom. The average Bonchev–Trinajstić information content (AvgIpc) is 2.95. The van der Waals surface area contributed by atoms with E-state index in [-0.39, 0.29) is 31.0 Å². The number of guanidine groups is 1.